The van der Waals surface area contributed by atoms with E-state index in [-0.39, 0.29) is 24.0 Å². The Morgan fingerprint density at radius 1 is 1.48 bits per heavy atom. The van der Waals surface area contributed by atoms with Crippen LogP contribution in [0.3, 0.4) is 0 Å². The Hall–Kier alpha value is -1.53. The average molecular weight is 299 g/mol. The predicted molar refractivity (Wildman–Crippen MR) is 72.5 cm³/mol. The monoisotopic (exact) mass is 299 g/mol. The molecule has 21 heavy (non-hydrogen) atoms. The number of hydrogen-bond donors (Lipinski definition) is 2. The third-order valence-corrected chi connectivity index (χ3v) is 3.58. The lowest BCUT2D eigenvalue weighted by Crippen LogP contribution is -2.38. The lowest BCUT2D eigenvalue weighted by molar-refractivity contribution is -0.124. The van der Waals surface area contributed by atoms with E-state index in [4.69, 9.17) is 4.74 Å². The number of carbonyl (C=O) groups excluding carboxylic acids is 1. The number of benzene rings is 1. The summed E-state index contributed by atoms with van der Waals surface area (Å²) in [6.45, 7) is 2.28. The maximum atomic E-state index is 13.1. The molecule has 4 nitrogen and oxygen atoms in total. The molecule has 0 aromatic heterocycles. The first kappa shape index (κ1) is 15.9. The predicted octanol–water partition coefficient (Wildman–Crippen LogP) is 2.07. The molecule has 1 aromatic carbocycles. The van der Waals surface area contributed by atoms with Gasteiger partial charge in [-0.15, -0.1) is 0 Å². The maximum absolute atomic E-state index is 13.1. The van der Waals surface area contributed by atoms with Gasteiger partial charge >= 0.3 is 0 Å². The maximum Gasteiger partial charge on any atom is 0.222 e. The van der Waals surface area contributed by atoms with Crippen molar-refractivity contribution in [1.82, 2.24) is 5.32 Å². The fourth-order valence-corrected chi connectivity index (χ4v) is 2.39. The van der Waals surface area contributed by atoms with Crippen molar-refractivity contribution in [1.29, 1.82) is 0 Å². The molecule has 2 rings (SSSR count). The van der Waals surface area contributed by atoms with Crippen LogP contribution in [-0.2, 0) is 9.53 Å². The van der Waals surface area contributed by atoms with Crippen LogP contribution in [0.5, 0.6) is 0 Å². The molecule has 1 aromatic rings. The fourth-order valence-electron chi connectivity index (χ4n) is 2.39. The Morgan fingerprint density at radius 2 is 2.24 bits per heavy atom. The second-order valence-corrected chi connectivity index (χ2v) is 5.31. The Labute approximate surface area is 122 Å². The van der Waals surface area contributed by atoms with Gasteiger partial charge in [0.05, 0.1) is 24.7 Å². The minimum absolute atomic E-state index is 0.0717. The zero-order chi connectivity index (χ0) is 15.4. The SMILES string of the molecule is CC(NC(=O)CC1CCCO1)C(O)c1ccc(F)c(F)c1. The number of halogens is 2. The molecule has 1 heterocycles. The van der Waals surface area contributed by atoms with Gasteiger partial charge in [-0.1, -0.05) is 6.07 Å². The van der Waals surface area contributed by atoms with Gasteiger partial charge in [-0.05, 0) is 37.5 Å². The van der Waals surface area contributed by atoms with Crippen LogP contribution in [0.1, 0.15) is 37.9 Å². The summed E-state index contributed by atoms with van der Waals surface area (Å²) in [7, 11) is 0. The second-order valence-electron chi connectivity index (χ2n) is 5.31. The molecule has 1 saturated heterocycles. The van der Waals surface area contributed by atoms with Crippen LogP contribution in [0.4, 0.5) is 8.78 Å². The van der Waals surface area contributed by atoms with E-state index in [1.165, 1.54) is 6.07 Å². The largest absolute Gasteiger partial charge is 0.386 e. The van der Waals surface area contributed by atoms with Crippen molar-refractivity contribution >= 4 is 5.91 Å². The smallest absolute Gasteiger partial charge is 0.222 e. The van der Waals surface area contributed by atoms with Gasteiger partial charge in [0, 0.05) is 6.61 Å². The van der Waals surface area contributed by atoms with E-state index in [2.05, 4.69) is 5.32 Å². The molecule has 0 radical (unpaired) electrons. The highest BCUT2D eigenvalue weighted by Gasteiger charge is 2.23. The number of amides is 1. The molecular weight excluding hydrogens is 280 g/mol. The van der Waals surface area contributed by atoms with Gasteiger partial charge in [-0.25, -0.2) is 8.78 Å². The highest BCUT2D eigenvalue weighted by molar-refractivity contribution is 5.76. The fraction of sp³-hybridized carbons (Fsp3) is 0.533. The van der Waals surface area contributed by atoms with E-state index in [0.29, 0.717) is 6.61 Å². The average Bonchev–Trinajstić information content (AvgIpc) is 2.93. The van der Waals surface area contributed by atoms with E-state index < -0.39 is 23.8 Å². The zero-order valence-electron chi connectivity index (χ0n) is 11.8. The number of hydrogen-bond acceptors (Lipinski definition) is 3. The summed E-state index contributed by atoms with van der Waals surface area (Å²) in [6.07, 6.45) is 0.874. The number of ether oxygens (including phenoxy) is 1. The van der Waals surface area contributed by atoms with Gasteiger partial charge < -0.3 is 15.2 Å². The van der Waals surface area contributed by atoms with E-state index in [1.807, 2.05) is 0 Å². The van der Waals surface area contributed by atoms with E-state index in [1.54, 1.807) is 6.92 Å². The number of aliphatic hydroxyl groups is 1. The van der Waals surface area contributed by atoms with Crippen LogP contribution in [0.25, 0.3) is 0 Å². The van der Waals surface area contributed by atoms with Crippen molar-refractivity contribution in [3.63, 3.8) is 0 Å². The molecule has 6 heteroatoms. The molecule has 0 bridgehead atoms. The van der Waals surface area contributed by atoms with Crippen molar-refractivity contribution in [3.05, 3.63) is 35.4 Å². The molecule has 1 aliphatic rings. The first-order valence-electron chi connectivity index (χ1n) is 7.01. The normalized spacial score (nSPS) is 21.0. The minimum atomic E-state index is -1.10. The third kappa shape index (κ3) is 4.22. The van der Waals surface area contributed by atoms with E-state index in [0.717, 1.165) is 25.0 Å². The number of rotatable bonds is 5. The lowest BCUT2D eigenvalue weighted by Gasteiger charge is -2.21. The Bertz CT molecular complexity index is 504. The molecule has 3 atom stereocenters. The third-order valence-electron chi connectivity index (χ3n) is 3.58. The number of carbonyl (C=O) groups is 1. The molecule has 0 spiro atoms. The highest BCUT2D eigenvalue weighted by Crippen LogP contribution is 2.20. The van der Waals surface area contributed by atoms with Crippen LogP contribution in [0.15, 0.2) is 18.2 Å². The van der Waals surface area contributed by atoms with Crippen molar-refractivity contribution in [3.8, 4) is 0 Å². The van der Waals surface area contributed by atoms with Gasteiger partial charge in [-0.3, -0.25) is 4.79 Å². The summed E-state index contributed by atoms with van der Waals surface area (Å²) in [5.74, 6) is -2.22. The standard InChI is InChI=1S/C15H19F2NO3/c1-9(18-14(19)8-11-3-2-6-21-11)15(20)10-4-5-12(16)13(17)7-10/h4-5,7,9,11,15,20H,2-3,6,8H2,1H3,(H,18,19). The van der Waals surface area contributed by atoms with Crippen molar-refractivity contribution in [2.45, 2.75) is 44.4 Å². The topological polar surface area (TPSA) is 58.6 Å². The summed E-state index contributed by atoms with van der Waals surface area (Å²) >= 11 is 0. The Balaban J connectivity index is 1.90. The van der Waals surface area contributed by atoms with Gasteiger partial charge in [-0.2, -0.15) is 0 Å². The molecule has 2 N–H and O–H groups in total. The molecule has 3 unspecified atom stereocenters. The van der Waals surface area contributed by atoms with Crippen LogP contribution in [0.2, 0.25) is 0 Å². The van der Waals surface area contributed by atoms with Crippen LogP contribution in [-0.4, -0.2) is 29.8 Å². The van der Waals surface area contributed by atoms with Crippen molar-refractivity contribution < 1.29 is 23.4 Å². The van der Waals surface area contributed by atoms with Crippen LogP contribution >= 0.6 is 0 Å². The number of nitrogens with one attached hydrogen (secondary N) is 1. The van der Waals surface area contributed by atoms with Gasteiger partial charge in [0.15, 0.2) is 11.6 Å². The van der Waals surface area contributed by atoms with E-state index in [9.17, 15) is 18.7 Å². The van der Waals surface area contributed by atoms with Crippen molar-refractivity contribution in [2.75, 3.05) is 6.61 Å². The van der Waals surface area contributed by atoms with Crippen molar-refractivity contribution in [2.24, 2.45) is 0 Å². The van der Waals surface area contributed by atoms with Gasteiger partial charge in [0.1, 0.15) is 0 Å². The summed E-state index contributed by atoms with van der Waals surface area (Å²) in [6, 6.07) is 2.58. The molecular formula is C15H19F2NO3. The molecule has 1 aliphatic heterocycles. The van der Waals surface area contributed by atoms with Gasteiger partial charge in [0.2, 0.25) is 5.91 Å². The first-order valence-corrected chi connectivity index (χ1v) is 7.01. The van der Waals surface area contributed by atoms with Gasteiger partial charge in [0.25, 0.3) is 0 Å². The minimum Gasteiger partial charge on any atom is -0.386 e. The van der Waals surface area contributed by atoms with Crippen LogP contribution < -0.4 is 5.32 Å². The molecule has 0 saturated carbocycles. The van der Waals surface area contributed by atoms with E-state index >= 15 is 0 Å². The quantitative estimate of drug-likeness (QED) is 0.875. The second kappa shape index (κ2) is 6.95. The Kier molecular flexibility index (Phi) is 5.25. The summed E-state index contributed by atoms with van der Waals surface area (Å²) < 4.78 is 31.4. The molecule has 116 valence electrons. The summed E-state index contributed by atoms with van der Waals surface area (Å²) in [4.78, 5) is 11.8. The Morgan fingerprint density at radius 3 is 2.86 bits per heavy atom. The molecule has 0 aliphatic carbocycles. The number of aliphatic hydroxyl groups excluding tert-OH is 1. The first-order chi connectivity index (χ1) is 9.97. The lowest BCUT2D eigenvalue weighted by atomic mass is 10.0. The zero-order valence-corrected chi connectivity index (χ0v) is 11.8. The van der Waals surface area contributed by atoms with Crippen LogP contribution in [0, 0.1) is 11.6 Å². The molecule has 1 fully saturated rings. The highest BCUT2D eigenvalue weighted by atomic mass is 19.2. The summed E-state index contributed by atoms with van der Waals surface area (Å²) in [5.41, 5.74) is 0.221. The molecule has 1 amide bonds. The summed E-state index contributed by atoms with van der Waals surface area (Å²) in [5, 5.41) is 12.7.